The van der Waals surface area contributed by atoms with Gasteiger partial charge in [-0.3, -0.25) is 0 Å². The molecule has 0 atom stereocenters. The van der Waals surface area contributed by atoms with Crippen LogP contribution in [0.2, 0.25) is 0 Å². The fraction of sp³-hybridized carbons (Fsp3) is 0.115. The van der Waals surface area contributed by atoms with Crippen LogP contribution in [-0.2, 0) is 6.18 Å². The van der Waals surface area contributed by atoms with E-state index in [1.807, 2.05) is 13.0 Å². The van der Waals surface area contributed by atoms with Crippen molar-refractivity contribution < 1.29 is 23.1 Å². The number of benzene rings is 3. The average Bonchev–Trinajstić information content (AvgIpc) is 2.78. The highest BCUT2D eigenvalue weighted by Crippen LogP contribution is 2.33. The molecule has 0 spiro atoms. The van der Waals surface area contributed by atoms with Crippen LogP contribution in [0.3, 0.4) is 0 Å². The summed E-state index contributed by atoms with van der Waals surface area (Å²) in [6.07, 6.45) is -4.64. The van der Waals surface area contributed by atoms with E-state index in [1.165, 1.54) is 0 Å². The summed E-state index contributed by atoms with van der Waals surface area (Å²) < 4.78 is 40.8. The lowest BCUT2D eigenvalue weighted by Crippen LogP contribution is -2.10. The van der Waals surface area contributed by atoms with E-state index in [9.17, 15) is 23.1 Å². The van der Waals surface area contributed by atoms with Crippen LogP contribution in [0.5, 0.6) is 0 Å². The maximum absolute atomic E-state index is 13.6. The summed E-state index contributed by atoms with van der Waals surface area (Å²) in [4.78, 5) is 19.7. The Hall–Kier alpha value is -4.00. The van der Waals surface area contributed by atoms with Crippen molar-refractivity contribution in [3.63, 3.8) is 0 Å². The molecule has 0 fully saturated rings. The molecule has 4 rings (SSSR count). The number of rotatable bonds is 4. The number of alkyl halides is 3. The number of aromatic carboxylic acids is 1. The van der Waals surface area contributed by atoms with Gasteiger partial charge in [0.25, 0.3) is 0 Å². The second kappa shape index (κ2) is 8.50. The maximum atomic E-state index is 13.6. The molecule has 4 nitrogen and oxygen atoms in total. The number of aryl methyl sites for hydroxylation is 2. The molecule has 4 aromatic rings. The summed E-state index contributed by atoms with van der Waals surface area (Å²) in [5.74, 6) is -1.11. The van der Waals surface area contributed by atoms with Crippen molar-refractivity contribution >= 4 is 5.97 Å². The standard InChI is InChI=1S/C26H19F3N2O2/c1-15-5-3-7-19(11-15)22-14-23(26(27,28)29)31-24(30-22)20-8-4-6-17(12-20)18-10-9-16(2)21(13-18)25(32)33/h3-14H,1-2H3,(H,32,33). The number of hydrogen-bond donors (Lipinski definition) is 1. The molecule has 1 N–H and O–H groups in total. The molecule has 0 radical (unpaired) electrons. The zero-order valence-electron chi connectivity index (χ0n) is 17.8. The molecule has 0 aliphatic carbocycles. The van der Waals surface area contributed by atoms with Gasteiger partial charge in [-0.05, 0) is 54.8 Å². The third-order valence-electron chi connectivity index (χ3n) is 5.25. The highest BCUT2D eigenvalue weighted by Gasteiger charge is 2.34. The molecular weight excluding hydrogens is 429 g/mol. The first kappa shape index (κ1) is 22.2. The molecule has 7 heteroatoms. The molecule has 3 aromatic carbocycles. The summed E-state index contributed by atoms with van der Waals surface area (Å²) in [7, 11) is 0. The molecule has 1 heterocycles. The third kappa shape index (κ3) is 4.77. The number of carboxylic acid groups (broad SMARTS) is 1. The molecule has 0 unspecified atom stereocenters. The molecule has 0 bridgehead atoms. The number of carbonyl (C=O) groups is 1. The summed E-state index contributed by atoms with van der Waals surface area (Å²) in [5, 5.41) is 9.41. The lowest BCUT2D eigenvalue weighted by molar-refractivity contribution is -0.141. The summed E-state index contributed by atoms with van der Waals surface area (Å²) >= 11 is 0. The van der Waals surface area contributed by atoms with Gasteiger partial charge in [-0.2, -0.15) is 13.2 Å². The predicted molar refractivity (Wildman–Crippen MR) is 120 cm³/mol. The summed E-state index contributed by atoms with van der Waals surface area (Å²) in [6.45, 7) is 3.56. The van der Waals surface area contributed by atoms with E-state index in [0.29, 0.717) is 27.8 Å². The molecule has 0 saturated carbocycles. The Labute approximate surface area is 188 Å². The normalized spacial score (nSPS) is 11.4. The van der Waals surface area contributed by atoms with Gasteiger partial charge in [-0.15, -0.1) is 0 Å². The van der Waals surface area contributed by atoms with Crippen LogP contribution < -0.4 is 0 Å². The fourth-order valence-corrected chi connectivity index (χ4v) is 3.54. The monoisotopic (exact) mass is 448 g/mol. The Morgan fingerprint density at radius 3 is 2.15 bits per heavy atom. The topological polar surface area (TPSA) is 63.1 Å². The lowest BCUT2D eigenvalue weighted by Gasteiger charge is -2.12. The van der Waals surface area contributed by atoms with Crippen LogP contribution in [0.1, 0.15) is 27.2 Å². The molecule has 0 saturated heterocycles. The maximum Gasteiger partial charge on any atom is 0.433 e. The van der Waals surface area contributed by atoms with Crippen LogP contribution in [0.4, 0.5) is 13.2 Å². The van der Waals surface area contributed by atoms with Crippen LogP contribution in [0.25, 0.3) is 33.8 Å². The Morgan fingerprint density at radius 2 is 1.45 bits per heavy atom. The van der Waals surface area contributed by atoms with E-state index < -0.39 is 17.8 Å². The van der Waals surface area contributed by atoms with Gasteiger partial charge in [0.05, 0.1) is 11.3 Å². The molecule has 1 aromatic heterocycles. The molecule has 33 heavy (non-hydrogen) atoms. The van der Waals surface area contributed by atoms with Crippen LogP contribution >= 0.6 is 0 Å². The number of carboxylic acids is 1. The van der Waals surface area contributed by atoms with E-state index in [0.717, 1.165) is 11.6 Å². The van der Waals surface area contributed by atoms with E-state index >= 15 is 0 Å². The van der Waals surface area contributed by atoms with Gasteiger partial charge in [0, 0.05) is 11.1 Å². The first-order chi connectivity index (χ1) is 15.6. The third-order valence-corrected chi connectivity index (χ3v) is 5.25. The van der Waals surface area contributed by atoms with E-state index in [1.54, 1.807) is 67.6 Å². The minimum atomic E-state index is -4.64. The Bertz CT molecular complexity index is 1360. The number of halogens is 3. The van der Waals surface area contributed by atoms with Crippen LogP contribution in [0, 0.1) is 13.8 Å². The van der Waals surface area contributed by atoms with Crippen molar-refractivity contribution in [2.75, 3.05) is 0 Å². The van der Waals surface area contributed by atoms with Crippen molar-refractivity contribution in [3.05, 3.63) is 95.2 Å². The number of hydrogen-bond acceptors (Lipinski definition) is 3. The SMILES string of the molecule is Cc1cccc(-c2cc(C(F)(F)F)nc(-c3cccc(-c4ccc(C)c(C(=O)O)c4)c3)n2)c1. The zero-order chi connectivity index (χ0) is 23.8. The highest BCUT2D eigenvalue weighted by atomic mass is 19.4. The second-order valence-corrected chi connectivity index (χ2v) is 7.74. The van der Waals surface area contributed by atoms with Crippen molar-refractivity contribution in [2.45, 2.75) is 20.0 Å². The molecule has 0 aliphatic heterocycles. The van der Waals surface area contributed by atoms with Gasteiger partial charge in [0.15, 0.2) is 5.82 Å². The molecule has 0 aliphatic rings. The van der Waals surface area contributed by atoms with Gasteiger partial charge in [0.2, 0.25) is 0 Å². The summed E-state index contributed by atoms with van der Waals surface area (Å²) in [5.41, 5.74) is 3.05. The zero-order valence-corrected chi connectivity index (χ0v) is 17.8. The number of aromatic nitrogens is 2. The van der Waals surface area contributed by atoms with Gasteiger partial charge in [0.1, 0.15) is 5.69 Å². The molecular formula is C26H19F3N2O2. The summed E-state index contributed by atoms with van der Waals surface area (Å²) in [6, 6.07) is 19.8. The molecule has 0 amide bonds. The van der Waals surface area contributed by atoms with Gasteiger partial charge >= 0.3 is 12.1 Å². The van der Waals surface area contributed by atoms with E-state index in [-0.39, 0.29) is 17.1 Å². The van der Waals surface area contributed by atoms with Crippen LogP contribution in [0.15, 0.2) is 72.8 Å². The van der Waals surface area contributed by atoms with Crippen molar-refractivity contribution in [2.24, 2.45) is 0 Å². The largest absolute Gasteiger partial charge is 0.478 e. The van der Waals surface area contributed by atoms with E-state index in [2.05, 4.69) is 9.97 Å². The highest BCUT2D eigenvalue weighted by molar-refractivity contribution is 5.91. The van der Waals surface area contributed by atoms with Gasteiger partial charge in [-0.25, -0.2) is 14.8 Å². The van der Waals surface area contributed by atoms with E-state index in [4.69, 9.17) is 0 Å². The van der Waals surface area contributed by atoms with Crippen LogP contribution in [-0.4, -0.2) is 21.0 Å². The van der Waals surface area contributed by atoms with Gasteiger partial charge in [-0.1, -0.05) is 54.1 Å². The first-order valence-electron chi connectivity index (χ1n) is 10.1. The second-order valence-electron chi connectivity index (χ2n) is 7.74. The lowest BCUT2D eigenvalue weighted by atomic mass is 9.98. The Morgan fingerprint density at radius 1 is 0.788 bits per heavy atom. The molecule has 166 valence electrons. The average molecular weight is 448 g/mol. The predicted octanol–water partition coefficient (Wildman–Crippen LogP) is 6.81. The quantitative estimate of drug-likeness (QED) is 0.372. The Kier molecular flexibility index (Phi) is 5.72. The van der Waals surface area contributed by atoms with Crippen molar-refractivity contribution in [1.82, 2.24) is 9.97 Å². The first-order valence-corrected chi connectivity index (χ1v) is 10.1. The van der Waals surface area contributed by atoms with Crippen molar-refractivity contribution in [1.29, 1.82) is 0 Å². The minimum Gasteiger partial charge on any atom is -0.478 e. The minimum absolute atomic E-state index is 0.0613. The van der Waals surface area contributed by atoms with Gasteiger partial charge < -0.3 is 5.11 Å². The number of nitrogens with zero attached hydrogens (tertiary/aromatic N) is 2. The fourth-order valence-electron chi connectivity index (χ4n) is 3.54. The smallest absolute Gasteiger partial charge is 0.433 e. The van der Waals surface area contributed by atoms with Crippen molar-refractivity contribution in [3.8, 4) is 33.8 Å². The Balaban J connectivity index is 1.85.